The molecule has 2 aliphatic rings. The van der Waals surface area contributed by atoms with E-state index in [9.17, 15) is 64.7 Å². The molecule has 0 spiro atoms. The van der Waals surface area contributed by atoms with Crippen LogP contribution in [0.4, 0.5) is 64.1 Å². The van der Waals surface area contributed by atoms with E-state index in [1.807, 2.05) is 0 Å². The molecule has 2 aliphatic heterocycles. The predicted molar refractivity (Wildman–Crippen MR) is 235 cm³/mol. The van der Waals surface area contributed by atoms with E-state index < -0.39 is 167 Å². The largest absolute Gasteiger partial charge is 0.462 e. The van der Waals surface area contributed by atoms with E-state index >= 15 is 26.3 Å². The summed E-state index contributed by atoms with van der Waals surface area (Å²) < 4.78 is 191. The van der Waals surface area contributed by atoms with E-state index in [1.165, 1.54) is 13.8 Å². The summed E-state index contributed by atoms with van der Waals surface area (Å²) in [7, 11) is 2.09. The highest BCUT2D eigenvalue weighted by molar-refractivity contribution is 6.34. The summed E-state index contributed by atoms with van der Waals surface area (Å²) in [5, 5.41) is 4.28. The molecule has 0 fully saturated rings. The molecule has 7 rings (SSSR count). The number of fused-ring (bicyclic) bond motifs is 2. The lowest BCUT2D eigenvalue weighted by Crippen LogP contribution is -2.55. The van der Waals surface area contributed by atoms with Gasteiger partial charge in [0.1, 0.15) is 0 Å². The van der Waals surface area contributed by atoms with Crippen LogP contribution in [0.5, 0.6) is 0 Å². The van der Waals surface area contributed by atoms with Crippen LogP contribution < -0.4 is 15.5 Å². The van der Waals surface area contributed by atoms with E-state index in [-0.39, 0.29) is 54.5 Å². The first kappa shape index (κ1) is 54.2. The standard InChI is InChI=1S/C49H32F12N4O10/c1-5-74-43(72)33-20-30(34(44(73)75-6-2)19-29(33)37(66)62-3)38(67)63-23-9-13-25(35(17-23)46(50,51)52)26-14-10-24(18-36(26)47(53,54)55)65-41(70)28-12-8-22(16-32(28)42(65)71)45(48(56,57)58,49(59,60)61)21-7-11-27-31(15-21)40(69)64(4)39(27)68/h7-20H,5-6H2,1-4H3,(H,62,66)(H,63,67). The van der Waals surface area contributed by atoms with Crippen molar-refractivity contribution in [1.82, 2.24) is 10.2 Å². The Labute approximate surface area is 413 Å². The van der Waals surface area contributed by atoms with Crippen LogP contribution in [0.1, 0.15) is 119 Å². The third kappa shape index (κ3) is 9.17. The van der Waals surface area contributed by atoms with Gasteiger partial charge in [0.05, 0.1) is 74.5 Å². The maximum Gasteiger partial charge on any atom is 0.417 e. The number of nitrogens with zero attached hydrogens (tertiary/aromatic N) is 2. The van der Waals surface area contributed by atoms with Gasteiger partial charge < -0.3 is 20.1 Å². The quantitative estimate of drug-likeness (QED) is 0.0733. The van der Waals surface area contributed by atoms with Crippen molar-refractivity contribution in [3.63, 3.8) is 0 Å². The fourth-order valence-corrected chi connectivity index (χ4v) is 8.58. The summed E-state index contributed by atoms with van der Waals surface area (Å²) in [6.07, 6.45) is -23.9. The Hall–Kier alpha value is -8.58. The van der Waals surface area contributed by atoms with Crippen LogP contribution in [0, 0.1) is 0 Å². The fourth-order valence-electron chi connectivity index (χ4n) is 8.58. The number of carbonyl (C=O) groups excluding carboxylic acids is 8. The average Bonchev–Trinajstić information content (AvgIpc) is 3.70. The number of hydrogen-bond acceptors (Lipinski definition) is 10. The molecule has 0 saturated carbocycles. The van der Waals surface area contributed by atoms with Crippen LogP contribution >= 0.6 is 0 Å². The van der Waals surface area contributed by atoms with Gasteiger partial charge in [0.25, 0.3) is 35.4 Å². The monoisotopic (exact) mass is 1060 g/mol. The molecule has 0 aromatic heterocycles. The SMILES string of the molecule is CCOC(=O)c1cc(C(=O)Nc2ccc(-c3ccc(N4C(=O)c5ccc(C(c6ccc7c(c6)C(=O)N(C)C7=O)(C(F)(F)F)C(F)(F)F)cc5C4=O)cc3C(F)(F)F)c(C(F)(F)F)c2)c(C(=O)OCC)cc1C(=O)NC. The number of alkyl halides is 12. The molecule has 75 heavy (non-hydrogen) atoms. The highest BCUT2D eigenvalue weighted by Crippen LogP contribution is 2.57. The first-order valence-electron chi connectivity index (χ1n) is 21.5. The fraction of sp³-hybridized carbons (Fsp3) is 0.224. The van der Waals surface area contributed by atoms with Crippen molar-refractivity contribution in [3.05, 3.63) is 152 Å². The first-order valence-corrected chi connectivity index (χ1v) is 21.5. The molecule has 6 amide bonds. The van der Waals surface area contributed by atoms with Gasteiger partial charge in [-0.25, -0.2) is 14.5 Å². The second-order valence-corrected chi connectivity index (χ2v) is 16.3. The summed E-state index contributed by atoms with van der Waals surface area (Å²) in [6, 6.07) is 5.50. The Morgan fingerprint density at radius 3 is 1.37 bits per heavy atom. The number of ether oxygens (including phenoxy) is 2. The van der Waals surface area contributed by atoms with E-state index in [2.05, 4.69) is 10.6 Å². The zero-order chi connectivity index (χ0) is 55.7. The third-order valence-electron chi connectivity index (χ3n) is 12.0. The van der Waals surface area contributed by atoms with Gasteiger partial charge in [-0.15, -0.1) is 0 Å². The Morgan fingerprint density at radius 1 is 0.493 bits per heavy atom. The molecule has 392 valence electrons. The van der Waals surface area contributed by atoms with E-state index in [0.717, 1.165) is 26.2 Å². The molecule has 0 bridgehead atoms. The zero-order valence-electron chi connectivity index (χ0n) is 38.5. The zero-order valence-corrected chi connectivity index (χ0v) is 38.5. The Bertz CT molecular complexity index is 3290. The number of amides is 6. The lowest BCUT2D eigenvalue weighted by Gasteiger charge is -2.38. The van der Waals surface area contributed by atoms with Gasteiger partial charge in [-0.3, -0.25) is 33.7 Å². The topological polar surface area (TPSA) is 186 Å². The van der Waals surface area contributed by atoms with Crippen molar-refractivity contribution in [2.45, 2.75) is 44.0 Å². The number of carbonyl (C=O) groups is 8. The molecule has 26 heteroatoms. The Balaban J connectivity index is 1.29. The van der Waals surface area contributed by atoms with Crippen LogP contribution in [0.3, 0.4) is 0 Å². The minimum absolute atomic E-state index is 0.0316. The first-order chi connectivity index (χ1) is 34.8. The molecular formula is C49H32F12N4O10. The number of esters is 2. The molecular weight excluding hydrogens is 1030 g/mol. The van der Waals surface area contributed by atoms with Gasteiger partial charge in [-0.05, 0) is 96.8 Å². The second kappa shape index (κ2) is 19.0. The van der Waals surface area contributed by atoms with Gasteiger partial charge in [-0.2, -0.15) is 52.7 Å². The number of anilines is 2. The van der Waals surface area contributed by atoms with E-state index in [0.29, 0.717) is 41.3 Å². The minimum Gasteiger partial charge on any atom is -0.462 e. The van der Waals surface area contributed by atoms with E-state index in [1.54, 1.807) is 0 Å². The van der Waals surface area contributed by atoms with Crippen LogP contribution in [0.25, 0.3) is 11.1 Å². The number of hydrogen-bond donors (Lipinski definition) is 2. The summed E-state index contributed by atoms with van der Waals surface area (Å²) in [5.74, 6) is -10.3. The Kier molecular flexibility index (Phi) is 13.8. The number of imide groups is 2. The summed E-state index contributed by atoms with van der Waals surface area (Å²) >= 11 is 0. The van der Waals surface area contributed by atoms with Crippen LogP contribution in [-0.2, 0) is 27.2 Å². The number of halogens is 12. The number of rotatable bonds is 11. The van der Waals surface area contributed by atoms with Crippen LogP contribution in [-0.4, -0.2) is 91.9 Å². The minimum atomic E-state index is -6.35. The maximum absolute atomic E-state index is 15.2. The van der Waals surface area contributed by atoms with Crippen molar-refractivity contribution in [1.29, 1.82) is 0 Å². The van der Waals surface area contributed by atoms with Gasteiger partial charge >= 0.3 is 36.6 Å². The number of nitrogens with one attached hydrogen (secondary N) is 2. The third-order valence-corrected chi connectivity index (χ3v) is 12.0. The van der Waals surface area contributed by atoms with Gasteiger partial charge in [0.15, 0.2) is 0 Å². The molecule has 0 unspecified atom stereocenters. The van der Waals surface area contributed by atoms with Crippen LogP contribution in [0.2, 0.25) is 0 Å². The molecule has 5 aromatic carbocycles. The van der Waals surface area contributed by atoms with Crippen molar-refractivity contribution < 1.29 is 101 Å². The highest BCUT2D eigenvalue weighted by atomic mass is 19.4. The summed E-state index contributed by atoms with van der Waals surface area (Å²) in [5.41, 5.74) is -22.4. The predicted octanol–water partition coefficient (Wildman–Crippen LogP) is 9.79. The smallest absolute Gasteiger partial charge is 0.417 e. The summed E-state index contributed by atoms with van der Waals surface area (Å²) in [4.78, 5) is 105. The molecule has 2 N–H and O–H groups in total. The maximum atomic E-state index is 15.2. The van der Waals surface area contributed by atoms with Crippen molar-refractivity contribution >= 4 is 58.8 Å². The molecule has 2 heterocycles. The highest BCUT2D eigenvalue weighted by Gasteiger charge is 2.73. The molecule has 14 nitrogen and oxygen atoms in total. The molecule has 5 aromatic rings. The van der Waals surface area contributed by atoms with Gasteiger partial charge in [-0.1, -0.05) is 24.3 Å². The number of benzene rings is 5. The van der Waals surface area contributed by atoms with Crippen molar-refractivity contribution in [2.75, 3.05) is 37.5 Å². The molecule has 0 radical (unpaired) electrons. The normalized spacial score (nSPS) is 14.0. The molecule has 0 atom stereocenters. The van der Waals surface area contributed by atoms with Crippen molar-refractivity contribution in [3.8, 4) is 11.1 Å². The second-order valence-electron chi connectivity index (χ2n) is 16.3. The van der Waals surface area contributed by atoms with Crippen LogP contribution in [0.15, 0.2) is 84.9 Å². The van der Waals surface area contributed by atoms with Crippen molar-refractivity contribution in [2.24, 2.45) is 0 Å². The Morgan fingerprint density at radius 2 is 0.907 bits per heavy atom. The lowest BCUT2D eigenvalue weighted by molar-refractivity contribution is -0.288. The van der Waals surface area contributed by atoms with Gasteiger partial charge in [0, 0.05) is 19.8 Å². The van der Waals surface area contributed by atoms with E-state index in [4.69, 9.17) is 9.47 Å². The average molecular weight is 1060 g/mol. The lowest BCUT2D eigenvalue weighted by atomic mass is 9.71. The molecule has 0 aliphatic carbocycles. The van der Waals surface area contributed by atoms with Gasteiger partial charge in [0.2, 0.25) is 5.41 Å². The molecule has 0 saturated heterocycles. The summed E-state index contributed by atoms with van der Waals surface area (Å²) in [6.45, 7) is 2.25.